The highest BCUT2D eigenvalue weighted by Gasteiger charge is 2.21. The van der Waals surface area contributed by atoms with E-state index in [4.69, 9.17) is 18.5 Å². The Morgan fingerprint density at radius 3 is 1.23 bits per heavy atom. The summed E-state index contributed by atoms with van der Waals surface area (Å²) in [7, 11) is 1.17. The molecule has 10 heteroatoms. The third kappa shape index (κ3) is 48.2. The van der Waals surface area contributed by atoms with Gasteiger partial charge in [0.25, 0.3) is 7.82 Å². The second-order valence-corrected chi connectivity index (χ2v) is 20.7. The molecule has 0 heterocycles. The van der Waals surface area contributed by atoms with Crippen LogP contribution in [0, 0.1) is 0 Å². The van der Waals surface area contributed by atoms with E-state index in [0.29, 0.717) is 17.4 Å². The molecule has 0 fully saturated rings. The maximum Gasteiger partial charge on any atom is 0.306 e. The lowest BCUT2D eigenvalue weighted by Crippen LogP contribution is -2.37. The third-order valence-electron chi connectivity index (χ3n) is 11.8. The molecule has 0 aromatic heterocycles. The number of phosphoric acid groups is 1. The van der Waals surface area contributed by atoms with Crippen LogP contribution >= 0.6 is 7.82 Å². The van der Waals surface area contributed by atoms with E-state index in [1.807, 2.05) is 21.1 Å². The topological polar surface area (TPSA) is 111 Å². The van der Waals surface area contributed by atoms with Crippen molar-refractivity contribution < 1.29 is 42.1 Å². The van der Waals surface area contributed by atoms with E-state index in [1.54, 1.807) is 0 Å². The smallest absolute Gasteiger partial charge is 0.306 e. The summed E-state index contributed by atoms with van der Waals surface area (Å²) in [6.07, 6.45) is 49.7. The van der Waals surface area contributed by atoms with Gasteiger partial charge in [0.1, 0.15) is 19.8 Å². The molecule has 2 atom stereocenters. The predicted molar refractivity (Wildman–Crippen MR) is 259 cm³/mol. The highest BCUT2D eigenvalue weighted by atomic mass is 31.2. The minimum atomic E-state index is -4.63. The van der Waals surface area contributed by atoms with Gasteiger partial charge in [0.15, 0.2) is 6.10 Å². The number of hydrogen-bond acceptors (Lipinski definition) is 8. The summed E-state index contributed by atoms with van der Waals surface area (Å²) in [4.78, 5) is 37.7. The van der Waals surface area contributed by atoms with Gasteiger partial charge >= 0.3 is 11.9 Å². The Balaban J connectivity index is 4.16. The van der Waals surface area contributed by atoms with Crippen LogP contribution in [0.3, 0.4) is 0 Å². The van der Waals surface area contributed by atoms with Crippen LogP contribution < -0.4 is 4.89 Å². The van der Waals surface area contributed by atoms with Crippen molar-refractivity contribution in [1.82, 2.24) is 0 Å². The maximum absolute atomic E-state index is 12.7. The number of rotatable bonds is 49. The van der Waals surface area contributed by atoms with Crippen molar-refractivity contribution in [3.05, 3.63) is 12.2 Å². The van der Waals surface area contributed by atoms with E-state index in [9.17, 15) is 19.0 Å². The van der Waals surface area contributed by atoms with Crippen LogP contribution in [-0.2, 0) is 32.7 Å². The molecule has 0 radical (unpaired) electrons. The second kappa shape index (κ2) is 44.9. The van der Waals surface area contributed by atoms with Gasteiger partial charge in [-0.25, -0.2) is 0 Å². The SMILES string of the molecule is CCCCCCCCCCC/C=C/CCCCC(=O)O[C@@H](COC(=O)CCCCCCCCCCCCCCCCCCCCCCCCC)COP(=O)([O-])OCC[N+](C)(C)C. The van der Waals surface area contributed by atoms with Gasteiger partial charge in [-0.2, -0.15) is 0 Å². The van der Waals surface area contributed by atoms with E-state index < -0.39 is 26.5 Å². The van der Waals surface area contributed by atoms with Crippen LogP contribution in [0.25, 0.3) is 0 Å². The Morgan fingerprint density at radius 2 is 0.823 bits per heavy atom. The molecule has 1 unspecified atom stereocenters. The third-order valence-corrected chi connectivity index (χ3v) is 12.7. The zero-order valence-corrected chi connectivity index (χ0v) is 42.5. The Labute approximate surface area is 384 Å². The van der Waals surface area contributed by atoms with Gasteiger partial charge in [-0.1, -0.05) is 219 Å². The van der Waals surface area contributed by atoms with Crippen molar-refractivity contribution in [3.8, 4) is 0 Å². The van der Waals surface area contributed by atoms with Crippen LogP contribution in [-0.4, -0.2) is 70.0 Å². The molecular weight excluding hydrogens is 798 g/mol. The molecule has 0 aromatic rings. The zero-order chi connectivity index (χ0) is 45.7. The number of esters is 2. The van der Waals surface area contributed by atoms with Crippen molar-refractivity contribution in [3.63, 3.8) is 0 Å². The quantitative estimate of drug-likeness (QED) is 0.0195. The normalized spacial score (nSPS) is 13.5. The van der Waals surface area contributed by atoms with Crippen LogP contribution in [0.15, 0.2) is 12.2 Å². The van der Waals surface area contributed by atoms with Crippen LogP contribution in [0.4, 0.5) is 0 Å². The molecular formula is C52H102NO8P. The van der Waals surface area contributed by atoms with Crippen molar-refractivity contribution in [2.24, 2.45) is 0 Å². The molecule has 9 nitrogen and oxygen atoms in total. The minimum Gasteiger partial charge on any atom is -0.756 e. The number of carbonyl (C=O) groups is 2. The van der Waals surface area contributed by atoms with Gasteiger partial charge in [-0.05, 0) is 38.5 Å². The Hall–Kier alpha value is -1.25. The molecule has 0 saturated carbocycles. The van der Waals surface area contributed by atoms with Crippen LogP contribution in [0.1, 0.15) is 258 Å². The number of unbranched alkanes of at least 4 members (excludes halogenated alkanes) is 33. The van der Waals surface area contributed by atoms with E-state index in [1.165, 1.54) is 186 Å². The largest absolute Gasteiger partial charge is 0.756 e. The van der Waals surface area contributed by atoms with Crippen molar-refractivity contribution in [2.75, 3.05) is 47.5 Å². The molecule has 0 aliphatic rings. The first-order chi connectivity index (χ1) is 30.0. The summed E-state index contributed by atoms with van der Waals surface area (Å²) in [5.41, 5.74) is 0. The Kier molecular flexibility index (Phi) is 44.0. The zero-order valence-electron chi connectivity index (χ0n) is 41.6. The second-order valence-electron chi connectivity index (χ2n) is 19.2. The highest BCUT2D eigenvalue weighted by molar-refractivity contribution is 7.45. The number of likely N-dealkylation sites (N-methyl/N-ethyl adjacent to an activating group) is 1. The molecule has 0 spiro atoms. The minimum absolute atomic E-state index is 0.0308. The molecule has 0 aromatic carbocycles. The highest BCUT2D eigenvalue weighted by Crippen LogP contribution is 2.38. The van der Waals surface area contributed by atoms with Gasteiger partial charge in [-0.3, -0.25) is 14.2 Å². The van der Waals surface area contributed by atoms with E-state index in [-0.39, 0.29) is 32.0 Å². The first-order valence-corrected chi connectivity index (χ1v) is 27.9. The fourth-order valence-corrected chi connectivity index (χ4v) is 8.38. The molecule has 0 aliphatic heterocycles. The first kappa shape index (κ1) is 60.8. The maximum atomic E-state index is 12.7. The average Bonchev–Trinajstić information content (AvgIpc) is 3.23. The summed E-state index contributed by atoms with van der Waals surface area (Å²) >= 11 is 0. The average molecular weight is 900 g/mol. The van der Waals surface area contributed by atoms with E-state index in [0.717, 1.165) is 38.5 Å². The molecule has 0 bridgehead atoms. The van der Waals surface area contributed by atoms with Crippen molar-refractivity contribution >= 4 is 19.8 Å². The molecule has 0 aliphatic carbocycles. The predicted octanol–water partition coefficient (Wildman–Crippen LogP) is 15.1. The lowest BCUT2D eigenvalue weighted by molar-refractivity contribution is -0.870. The van der Waals surface area contributed by atoms with Gasteiger partial charge in [0.2, 0.25) is 0 Å². The summed E-state index contributed by atoms with van der Waals surface area (Å²) in [6.45, 7) is 4.26. The first-order valence-electron chi connectivity index (χ1n) is 26.4. The van der Waals surface area contributed by atoms with Crippen molar-refractivity contribution in [2.45, 2.75) is 264 Å². The number of ether oxygens (including phenoxy) is 2. The molecule has 0 rings (SSSR count). The monoisotopic (exact) mass is 900 g/mol. The van der Waals surface area contributed by atoms with Gasteiger partial charge in [0.05, 0.1) is 27.7 Å². The summed E-state index contributed by atoms with van der Waals surface area (Å²) in [5.74, 6) is -0.844. The molecule has 368 valence electrons. The van der Waals surface area contributed by atoms with Gasteiger partial charge in [0, 0.05) is 12.8 Å². The number of quaternary nitrogens is 1. The van der Waals surface area contributed by atoms with Gasteiger partial charge < -0.3 is 27.9 Å². The Morgan fingerprint density at radius 1 is 0.484 bits per heavy atom. The number of phosphoric ester groups is 1. The summed E-state index contributed by atoms with van der Waals surface area (Å²) in [5, 5.41) is 0. The summed E-state index contributed by atoms with van der Waals surface area (Å²) < 4.78 is 34.0. The summed E-state index contributed by atoms with van der Waals surface area (Å²) in [6, 6.07) is 0. The Bertz CT molecular complexity index is 1060. The molecule has 0 amide bonds. The lowest BCUT2D eigenvalue weighted by Gasteiger charge is -2.28. The lowest BCUT2D eigenvalue weighted by atomic mass is 10.0. The van der Waals surface area contributed by atoms with Crippen molar-refractivity contribution in [1.29, 1.82) is 0 Å². The molecule has 62 heavy (non-hydrogen) atoms. The number of hydrogen-bond donors (Lipinski definition) is 0. The van der Waals surface area contributed by atoms with Gasteiger partial charge in [-0.15, -0.1) is 0 Å². The van der Waals surface area contributed by atoms with E-state index in [2.05, 4.69) is 26.0 Å². The van der Waals surface area contributed by atoms with Crippen LogP contribution in [0.5, 0.6) is 0 Å². The fraction of sp³-hybridized carbons (Fsp3) is 0.923. The standard InChI is InChI=1S/C52H102NO8P/c1-6-8-10-12-14-16-18-20-22-23-24-25-26-27-28-29-31-32-34-36-38-40-42-44-51(54)58-48-50(49-60-62(56,57)59-47-46-53(3,4)5)61-52(55)45-43-41-39-37-35-33-30-21-19-17-15-13-11-9-7-2/h35,37,50H,6-34,36,38-49H2,1-5H3/b37-35+/t50-/m0/s1. The molecule has 0 saturated heterocycles. The number of carbonyl (C=O) groups excluding carboxylic acids is 2. The fourth-order valence-electron chi connectivity index (χ4n) is 7.65. The number of nitrogens with zero attached hydrogens (tertiary/aromatic N) is 1. The number of allylic oxidation sites excluding steroid dienone is 2. The van der Waals surface area contributed by atoms with Crippen LogP contribution in [0.2, 0.25) is 0 Å². The molecule has 0 N–H and O–H groups in total. The van der Waals surface area contributed by atoms with E-state index >= 15 is 0 Å².